The van der Waals surface area contributed by atoms with Crippen LogP contribution in [0, 0.1) is 0 Å². The van der Waals surface area contributed by atoms with Crippen LogP contribution >= 0.6 is 0 Å². The van der Waals surface area contributed by atoms with Crippen LogP contribution in [0.4, 0.5) is 4.79 Å². The Labute approximate surface area is 206 Å². The lowest BCUT2D eigenvalue weighted by Crippen LogP contribution is -2.55. The molecule has 4 heterocycles. The molecule has 4 rings (SSSR count). The predicted octanol–water partition coefficient (Wildman–Crippen LogP) is 4.46. The summed E-state index contributed by atoms with van der Waals surface area (Å²) < 4.78 is 11.5. The van der Waals surface area contributed by atoms with E-state index in [1.165, 1.54) is 0 Å². The van der Waals surface area contributed by atoms with E-state index in [1.54, 1.807) is 11.1 Å². The zero-order chi connectivity index (χ0) is 24.7. The van der Waals surface area contributed by atoms with E-state index in [1.807, 2.05) is 81.8 Å². The summed E-state index contributed by atoms with van der Waals surface area (Å²) in [5.74, 6) is 0.689. The van der Waals surface area contributed by atoms with Crippen LogP contribution in [-0.4, -0.2) is 55.6 Å². The Hall–Kier alpha value is -3.52. The largest absolute Gasteiger partial charge is 0.490 e. The fourth-order valence-electron chi connectivity index (χ4n) is 3.86. The van der Waals surface area contributed by atoms with Crippen LogP contribution in [0.1, 0.15) is 44.1 Å². The number of nitrogens with zero attached hydrogens (tertiary/aromatic N) is 5. The molecule has 0 radical (unpaired) electrons. The van der Waals surface area contributed by atoms with Gasteiger partial charge in [-0.05, 0) is 63.1 Å². The summed E-state index contributed by atoms with van der Waals surface area (Å²) in [4.78, 5) is 29.7. The van der Waals surface area contributed by atoms with Crippen molar-refractivity contribution in [3.8, 4) is 5.75 Å². The van der Waals surface area contributed by atoms with Crippen molar-refractivity contribution in [2.75, 3.05) is 13.2 Å². The second-order valence-electron chi connectivity index (χ2n) is 9.74. The maximum Gasteiger partial charge on any atom is 0.410 e. The molecule has 0 aromatic carbocycles. The van der Waals surface area contributed by atoms with Gasteiger partial charge in [0.15, 0.2) is 0 Å². The van der Waals surface area contributed by atoms with Gasteiger partial charge in [-0.2, -0.15) is 0 Å². The third kappa shape index (κ3) is 7.48. The van der Waals surface area contributed by atoms with Crippen molar-refractivity contribution in [1.82, 2.24) is 24.8 Å². The van der Waals surface area contributed by atoms with Crippen LogP contribution in [0.3, 0.4) is 0 Å². The number of carbonyl (C=O) groups is 1. The van der Waals surface area contributed by atoms with Crippen LogP contribution in [0.5, 0.6) is 5.75 Å². The van der Waals surface area contributed by atoms with Crippen molar-refractivity contribution in [3.63, 3.8) is 0 Å². The maximum atomic E-state index is 12.4. The molecule has 1 saturated heterocycles. The molecule has 1 aliphatic heterocycles. The highest BCUT2D eigenvalue weighted by molar-refractivity contribution is 5.69. The molecule has 1 atom stereocenters. The zero-order valence-electron chi connectivity index (χ0n) is 20.6. The molecular weight excluding hydrogens is 442 g/mol. The second-order valence-corrected chi connectivity index (χ2v) is 9.74. The number of amides is 1. The molecule has 0 N–H and O–H groups in total. The summed E-state index contributed by atoms with van der Waals surface area (Å²) in [5.41, 5.74) is 2.52. The van der Waals surface area contributed by atoms with Gasteiger partial charge >= 0.3 is 6.09 Å². The summed E-state index contributed by atoms with van der Waals surface area (Å²) in [7, 11) is 0. The van der Waals surface area contributed by atoms with Gasteiger partial charge in [0.1, 0.15) is 18.0 Å². The number of carbonyl (C=O) groups excluding carboxylic acids is 1. The first-order valence-electron chi connectivity index (χ1n) is 11.9. The number of aromatic nitrogens is 3. The number of likely N-dealkylation sites (tertiary alicyclic amines) is 1. The molecule has 3 aromatic heterocycles. The minimum absolute atomic E-state index is 0.0123. The molecule has 8 nitrogen and oxygen atoms in total. The van der Waals surface area contributed by atoms with E-state index in [2.05, 4.69) is 19.9 Å². The Balaban J connectivity index is 1.37. The van der Waals surface area contributed by atoms with E-state index >= 15 is 0 Å². The standard InChI is InChI=1S/C27H33N5O3/c1-27(2,3)35-26(33)32-13-10-24(32)20-34-25-14-21(15-28-16-25)17-31(18-22-8-4-6-11-29-22)19-23-9-5-7-12-30-23/h4-9,11-12,14-16,24H,10,13,17-20H2,1-3H3/t24-/m0/s1. The van der Waals surface area contributed by atoms with Crippen LogP contribution in [0.2, 0.25) is 0 Å². The predicted molar refractivity (Wildman–Crippen MR) is 133 cm³/mol. The first-order chi connectivity index (χ1) is 16.9. The molecular formula is C27H33N5O3. The molecule has 184 valence electrons. The fraction of sp³-hybridized carbons (Fsp3) is 0.407. The van der Waals surface area contributed by atoms with Crippen molar-refractivity contribution in [2.45, 2.75) is 58.5 Å². The highest BCUT2D eigenvalue weighted by Crippen LogP contribution is 2.23. The summed E-state index contributed by atoms with van der Waals surface area (Å²) in [6.07, 6.45) is 7.80. The van der Waals surface area contributed by atoms with Crippen molar-refractivity contribution in [2.24, 2.45) is 0 Å². The lowest BCUT2D eigenvalue weighted by atomic mass is 10.1. The molecule has 35 heavy (non-hydrogen) atoms. The van der Waals surface area contributed by atoms with Gasteiger partial charge in [-0.1, -0.05) is 12.1 Å². The molecule has 1 fully saturated rings. The van der Waals surface area contributed by atoms with E-state index in [0.717, 1.165) is 23.4 Å². The van der Waals surface area contributed by atoms with Gasteiger partial charge in [0.05, 0.1) is 23.6 Å². The first kappa shape index (κ1) is 24.6. The lowest BCUT2D eigenvalue weighted by molar-refractivity contribution is -0.0141. The van der Waals surface area contributed by atoms with E-state index in [-0.39, 0.29) is 12.1 Å². The van der Waals surface area contributed by atoms with Crippen molar-refractivity contribution < 1.29 is 14.3 Å². The molecule has 0 bridgehead atoms. The van der Waals surface area contributed by atoms with Crippen LogP contribution in [-0.2, 0) is 24.4 Å². The van der Waals surface area contributed by atoms with Gasteiger partial charge in [0.2, 0.25) is 0 Å². The molecule has 0 aliphatic carbocycles. The summed E-state index contributed by atoms with van der Waals surface area (Å²) in [5, 5.41) is 0. The monoisotopic (exact) mass is 475 g/mol. The number of hydrogen-bond acceptors (Lipinski definition) is 7. The quantitative estimate of drug-likeness (QED) is 0.452. The Morgan fingerprint density at radius 2 is 1.71 bits per heavy atom. The van der Waals surface area contributed by atoms with Crippen LogP contribution < -0.4 is 4.74 Å². The summed E-state index contributed by atoms with van der Waals surface area (Å²) in [6, 6.07) is 13.9. The Kier molecular flexibility index (Phi) is 7.92. The van der Waals surface area contributed by atoms with Gasteiger partial charge in [0, 0.05) is 44.8 Å². The van der Waals surface area contributed by atoms with E-state index in [9.17, 15) is 4.79 Å². The number of hydrogen-bond donors (Lipinski definition) is 0. The third-order valence-corrected chi connectivity index (χ3v) is 5.61. The number of ether oxygens (including phenoxy) is 2. The Morgan fingerprint density at radius 3 is 2.26 bits per heavy atom. The maximum absolute atomic E-state index is 12.4. The summed E-state index contributed by atoms with van der Waals surface area (Å²) in [6.45, 7) is 8.78. The van der Waals surface area contributed by atoms with Crippen molar-refractivity contribution in [3.05, 3.63) is 84.2 Å². The minimum Gasteiger partial charge on any atom is -0.490 e. The minimum atomic E-state index is -0.507. The molecule has 0 unspecified atom stereocenters. The highest BCUT2D eigenvalue weighted by Gasteiger charge is 2.35. The molecule has 8 heteroatoms. The van der Waals surface area contributed by atoms with Gasteiger partial charge in [-0.3, -0.25) is 19.9 Å². The number of rotatable bonds is 9. The van der Waals surface area contributed by atoms with Gasteiger partial charge in [-0.25, -0.2) is 4.79 Å². The lowest BCUT2D eigenvalue weighted by Gasteiger charge is -2.41. The fourth-order valence-corrected chi connectivity index (χ4v) is 3.86. The van der Waals surface area contributed by atoms with Crippen molar-refractivity contribution >= 4 is 6.09 Å². The topological polar surface area (TPSA) is 80.7 Å². The van der Waals surface area contributed by atoms with Crippen LogP contribution in [0.25, 0.3) is 0 Å². The first-order valence-corrected chi connectivity index (χ1v) is 11.9. The summed E-state index contributed by atoms with van der Waals surface area (Å²) >= 11 is 0. The average molecular weight is 476 g/mol. The molecule has 1 aliphatic rings. The van der Waals surface area contributed by atoms with E-state index in [0.29, 0.717) is 38.5 Å². The third-order valence-electron chi connectivity index (χ3n) is 5.61. The SMILES string of the molecule is CC(C)(C)OC(=O)N1CC[C@H]1COc1cncc(CN(Cc2ccccn2)Cc2ccccn2)c1. The van der Waals surface area contributed by atoms with Crippen molar-refractivity contribution in [1.29, 1.82) is 0 Å². The smallest absolute Gasteiger partial charge is 0.410 e. The normalized spacial score (nSPS) is 15.5. The van der Waals surface area contributed by atoms with E-state index < -0.39 is 5.60 Å². The zero-order valence-corrected chi connectivity index (χ0v) is 20.6. The van der Waals surface area contributed by atoms with E-state index in [4.69, 9.17) is 9.47 Å². The molecule has 0 spiro atoms. The Morgan fingerprint density at radius 1 is 1.03 bits per heavy atom. The average Bonchev–Trinajstić information content (AvgIpc) is 2.79. The molecule has 1 amide bonds. The van der Waals surface area contributed by atoms with Crippen LogP contribution in [0.15, 0.2) is 67.3 Å². The van der Waals surface area contributed by atoms with Gasteiger partial charge in [-0.15, -0.1) is 0 Å². The van der Waals surface area contributed by atoms with Gasteiger partial charge in [0.25, 0.3) is 0 Å². The molecule has 3 aromatic rings. The highest BCUT2D eigenvalue weighted by atomic mass is 16.6. The second kappa shape index (κ2) is 11.3. The number of pyridine rings is 3. The van der Waals surface area contributed by atoms with Gasteiger partial charge < -0.3 is 14.4 Å². The molecule has 0 saturated carbocycles. The Bertz CT molecular complexity index is 1050.